The number of ketones is 1. The molecule has 0 aliphatic heterocycles. The largest absolute Gasteiger partial charge is 0.416 e. The van der Waals surface area contributed by atoms with E-state index in [0.717, 1.165) is 12.1 Å². The molecule has 0 unspecified atom stereocenters. The van der Waals surface area contributed by atoms with Crippen LogP contribution in [0, 0.1) is 6.92 Å². The Labute approximate surface area is 198 Å². The van der Waals surface area contributed by atoms with E-state index in [4.69, 9.17) is 0 Å². The normalized spacial score (nSPS) is 12.4. The Morgan fingerprint density at radius 1 is 1.11 bits per heavy atom. The van der Waals surface area contributed by atoms with Crippen LogP contribution < -0.4 is 5.32 Å². The van der Waals surface area contributed by atoms with Crippen molar-refractivity contribution >= 4 is 17.5 Å². The maximum absolute atomic E-state index is 14.3. The summed E-state index contributed by atoms with van der Waals surface area (Å²) in [6, 6.07) is 4.77. The first-order valence-electron chi connectivity index (χ1n) is 10.8. The van der Waals surface area contributed by atoms with Gasteiger partial charge in [0.05, 0.1) is 36.1 Å². The summed E-state index contributed by atoms with van der Waals surface area (Å²) in [6.07, 6.45) is -4.08. The summed E-state index contributed by atoms with van der Waals surface area (Å²) in [6.45, 7) is 3.06. The first-order valence-corrected chi connectivity index (χ1v) is 10.8. The number of alkyl halides is 4. The van der Waals surface area contributed by atoms with Crippen molar-refractivity contribution in [1.82, 2.24) is 30.2 Å². The maximum atomic E-state index is 14.3. The van der Waals surface area contributed by atoms with Gasteiger partial charge in [0.25, 0.3) is 0 Å². The molecule has 1 N–H and O–H groups in total. The molecule has 0 radical (unpaired) electrons. The molecule has 0 saturated heterocycles. The number of carbonyl (C=O) groups is 2. The van der Waals surface area contributed by atoms with E-state index in [1.807, 2.05) is 0 Å². The summed E-state index contributed by atoms with van der Waals surface area (Å²) in [5, 5.41) is 17.7. The van der Waals surface area contributed by atoms with Gasteiger partial charge in [-0.3, -0.25) is 14.6 Å². The molecule has 9 nitrogen and oxygen atoms in total. The highest BCUT2D eigenvalue weighted by atomic mass is 19.4. The number of aromatic nitrogens is 6. The molecule has 1 atom stereocenters. The van der Waals surface area contributed by atoms with Crippen LogP contribution in [0.5, 0.6) is 0 Å². The fraction of sp³-hybridized carbons (Fsp3) is 0.409. The molecule has 0 aliphatic carbocycles. The summed E-state index contributed by atoms with van der Waals surface area (Å²) < 4.78 is 54.4. The Hall–Kier alpha value is -3.77. The van der Waals surface area contributed by atoms with Gasteiger partial charge in [0.15, 0.2) is 11.6 Å². The van der Waals surface area contributed by atoms with Gasteiger partial charge in [-0.2, -0.15) is 18.3 Å². The van der Waals surface area contributed by atoms with Crippen molar-refractivity contribution in [2.24, 2.45) is 0 Å². The van der Waals surface area contributed by atoms with Crippen LogP contribution in [-0.2, 0) is 30.4 Å². The summed E-state index contributed by atoms with van der Waals surface area (Å²) in [7, 11) is 0. The van der Waals surface area contributed by atoms with Gasteiger partial charge >= 0.3 is 6.18 Å². The van der Waals surface area contributed by atoms with E-state index in [2.05, 4.69) is 30.8 Å². The number of pyridine rings is 1. The molecular formula is C22H23F4N7O2. The van der Waals surface area contributed by atoms with Gasteiger partial charge in [0, 0.05) is 12.1 Å². The standard InChI is InChI=1S/C22H23F4N7O2/c1-3-19(34)18-12-33(32-30-18)11-15(23)4-5-16-6-7-20(31-29-16)28-21(35)10-17-9-14(22(24,25)26)8-13(2)27-17/h6-9,12,15H,3-5,10-11H2,1-2H3,(H,28,31,35)/t15-/m1/s1. The molecule has 0 fully saturated rings. The lowest BCUT2D eigenvalue weighted by molar-refractivity contribution is -0.137. The van der Waals surface area contributed by atoms with E-state index in [9.17, 15) is 27.2 Å². The molecular weight excluding hydrogens is 470 g/mol. The number of amides is 1. The zero-order valence-corrected chi connectivity index (χ0v) is 19.0. The number of nitrogens with zero attached hydrogens (tertiary/aromatic N) is 6. The second-order valence-electron chi connectivity index (χ2n) is 7.86. The third-order valence-corrected chi connectivity index (χ3v) is 4.91. The highest BCUT2D eigenvalue weighted by molar-refractivity contribution is 5.93. The number of hydrogen-bond acceptors (Lipinski definition) is 7. The molecule has 0 spiro atoms. The number of nitrogens with one attached hydrogen (secondary N) is 1. The lowest BCUT2D eigenvalue weighted by Gasteiger charge is -2.10. The molecule has 0 saturated carbocycles. The van der Waals surface area contributed by atoms with Gasteiger partial charge in [0.2, 0.25) is 5.91 Å². The van der Waals surface area contributed by atoms with Crippen LogP contribution >= 0.6 is 0 Å². The predicted octanol–water partition coefficient (Wildman–Crippen LogP) is 3.54. The van der Waals surface area contributed by atoms with Crippen LogP contribution in [0.15, 0.2) is 30.5 Å². The Kier molecular flexibility index (Phi) is 8.20. The minimum atomic E-state index is -4.54. The molecule has 1 amide bonds. The maximum Gasteiger partial charge on any atom is 0.416 e. The fourth-order valence-corrected chi connectivity index (χ4v) is 3.20. The van der Waals surface area contributed by atoms with Crippen LogP contribution in [0.1, 0.15) is 52.9 Å². The van der Waals surface area contributed by atoms with Crippen molar-refractivity contribution < 1.29 is 27.2 Å². The van der Waals surface area contributed by atoms with Crippen LogP contribution in [0.25, 0.3) is 0 Å². The van der Waals surface area contributed by atoms with E-state index in [0.29, 0.717) is 5.69 Å². The third-order valence-electron chi connectivity index (χ3n) is 4.91. The van der Waals surface area contributed by atoms with Crippen LogP contribution in [0.4, 0.5) is 23.4 Å². The zero-order valence-electron chi connectivity index (χ0n) is 19.0. The molecule has 186 valence electrons. The Balaban J connectivity index is 1.49. The molecule has 0 bridgehead atoms. The van der Waals surface area contributed by atoms with Gasteiger partial charge < -0.3 is 5.32 Å². The number of carbonyl (C=O) groups excluding carboxylic acids is 2. The van der Waals surface area contributed by atoms with E-state index < -0.39 is 23.8 Å². The predicted molar refractivity (Wildman–Crippen MR) is 116 cm³/mol. The van der Waals surface area contributed by atoms with Gasteiger partial charge in [-0.15, -0.1) is 10.2 Å². The summed E-state index contributed by atoms with van der Waals surface area (Å²) >= 11 is 0. The molecule has 0 aromatic carbocycles. The molecule has 3 aromatic rings. The molecule has 3 heterocycles. The summed E-state index contributed by atoms with van der Waals surface area (Å²) in [5.41, 5.74) is -0.0612. The molecule has 35 heavy (non-hydrogen) atoms. The molecule has 0 aliphatic rings. The fourth-order valence-electron chi connectivity index (χ4n) is 3.20. The number of aryl methyl sites for hydroxylation is 2. The first-order chi connectivity index (χ1) is 16.5. The van der Waals surface area contributed by atoms with Gasteiger partial charge in [0.1, 0.15) is 11.9 Å². The monoisotopic (exact) mass is 493 g/mol. The molecule has 3 rings (SSSR count). The van der Waals surface area contributed by atoms with Crippen LogP contribution in [-0.4, -0.2) is 48.0 Å². The average molecular weight is 493 g/mol. The average Bonchev–Trinajstić information content (AvgIpc) is 3.25. The Bertz CT molecular complexity index is 1180. The van der Waals surface area contributed by atoms with Crippen molar-refractivity contribution in [2.45, 2.75) is 58.4 Å². The zero-order chi connectivity index (χ0) is 25.6. The van der Waals surface area contributed by atoms with Crippen molar-refractivity contribution in [3.05, 3.63) is 58.8 Å². The second-order valence-corrected chi connectivity index (χ2v) is 7.86. The van der Waals surface area contributed by atoms with E-state index in [-0.39, 0.29) is 60.9 Å². The SMILES string of the molecule is CCC(=O)c1cn(C[C@H](F)CCc2ccc(NC(=O)Cc3cc(C(F)(F)F)cc(C)n3)nn2)nn1. The highest BCUT2D eigenvalue weighted by Crippen LogP contribution is 2.30. The second kappa shape index (κ2) is 11.1. The highest BCUT2D eigenvalue weighted by Gasteiger charge is 2.31. The minimum Gasteiger partial charge on any atom is -0.309 e. The lowest BCUT2D eigenvalue weighted by Crippen LogP contribution is -2.18. The summed E-state index contributed by atoms with van der Waals surface area (Å²) in [5.74, 6) is -0.666. The van der Waals surface area contributed by atoms with Gasteiger partial charge in [-0.25, -0.2) is 9.07 Å². The van der Waals surface area contributed by atoms with Crippen molar-refractivity contribution in [3.63, 3.8) is 0 Å². The van der Waals surface area contributed by atoms with E-state index in [1.165, 1.54) is 23.9 Å². The topological polar surface area (TPSA) is 116 Å². The van der Waals surface area contributed by atoms with Gasteiger partial charge in [-0.05, 0) is 44.0 Å². The lowest BCUT2D eigenvalue weighted by atomic mass is 10.1. The smallest absolute Gasteiger partial charge is 0.309 e. The number of rotatable bonds is 10. The quantitative estimate of drug-likeness (QED) is 0.339. The number of Topliss-reactive ketones (excluding diaryl/α,β-unsaturated/α-hetero) is 1. The third kappa shape index (κ3) is 7.62. The molecule has 3 aromatic heterocycles. The molecule has 13 heteroatoms. The number of halogens is 4. The van der Waals surface area contributed by atoms with Crippen LogP contribution in [0.2, 0.25) is 0 Å². The number of anilines is 1. The van der Waals surface area contributed by atoms with Crippen molar-refractivity contribution in [1.29, 1.82) is 0 Å². The number of hydrogen-bond donors (Lipinski definition) is 1. The van der Waals surface area contributed by atoms with Gasteiger partial charge in [-0.1, -0.05) is 12.1 Å². The van der Waals surface area contributed by atoms with Crippen molar-refractivity contribution in [3.8, 4) is 0 Å². The summed E-state index contributed by atoms with van der Waals surface area (Å²) in [4.78, 5) is 27.8. The van der Waals surface area contributed by atoms with E-state index >= 15 is 0 Å². The first kappa shape index (κ1) is 25.8. The van der Waals surface area contributed by atoms with Crippen LogP contribution in [0.3, 0.4) is 0 Å². The minimum absolute atomic E-state index is 0.0213. The van der Waals surface area contributed by atoms with Crippen molar-refractivity contribution in [2.75, 3.05) is 5.32 Å². The Morgan fingerprint density at radius 2 is 1.89 bits per heavy atom. The Morgan fingerprint density at radius 3 is 2.54 bits per heavy atom. The van der Waals surface area contributed by atoms with E-state index in [1.54, 1.807) is 13.0 Å².